The highest BCUT2D eigenvalue weighted by atomic mass is 16.5. The fraction of sp³-hybridized carbons (Fsp3) is 0.667. The molecule has 1 atom stereocenters. The van der Waals surface area contributed by atoms with Gasteiger partial charge >= 0.3 is 0 Å². The molecule has 4 rings (SSSR count). The highest BCUT2D eigenvalue weighted by Gasteiger charge is 2.39. The molecule has 1 aromatic rings. The van der Waals surface area contributed by atoms with E-state index in [1.54, 1.807) is 11.1 Å². The molecule has 0 bridgehead atoms. The minimum atomic E-state index is 0.215. The highest BCUT2D eigenvalue weighted by Crippen LogP contribution is 2.40. The second kappa shape index (κ2) is 5.07. The van der Waals surface area contributed by atoms with Gasteiger partial charge in [-0.1, -0.05) is 18.9 Å². The molecule has 1 aliphatic heterocycles. The van der Waals surface area contributed by atoms with Crippen molar-refractivity contribution in [2.45, 2.75) is 69.4 Å². The quantitative estimate of drug-likeness (QED) is 0.875. The molecule has 3 aliphatic rings. The van der Waals surface area contributed by atoms with Crippen molar-refractivity contribution in [3.63, 3.8) is 0 Å². The van der Waals surface area contributed by atoms with Gasteiger partial charge in [0.25, 0.3) is 0 Å². The molecule has 1 unspecified atom stereocenters. The Morgan fingerprint density at radius 1 is 1.05 bits per heavy atom. The number of nitrogens with one attached hydrogen (secondary N) is 1. The normalized spacial score (nSPS) is 27.7. The molecule has 2 aliphatic carbocycles. The Morgan fingerprint density at radius 3 is 2.80 bits per heavy atom. The van der Waals surface area contributed by atoms with Gasteiger partial charge in [0, 0.05) is 18.3 Å². The number of ether oxygens (including phenoxy) is 1. The highest BCUT2D eigenvalue weighted by molar-refractivity contribution is 5.50. The third-order valence-corrected chi connectivity index (χ3v) is 5.48. The fourth-order valence-corrected chi connectivity index (χ4v) is 4.42. The van der Waals surface area contributed by atoms with Crippen LogP contribution in [0, 0.1) is 0 Å². The van der Waals surface area contributed by atoms with Crippen molar-refractivity contribution in [1.29, 1.82) is 0 Å². The van der Waals surface area contributed by atoms with Crippen molar-refractivity contribution in [2.24, 2.45) is 0 Å². The summed E-state index contributed by atoms with van der Waals surface area (Å²) in [5.41, 5.74) is 4.67. The maximum Gasteiger partial charge on any atom is 0.0702 e. The Kier molecular flexibility index (Phi) is 3.22. The first-order valence-corrected chi connectivity index (χ1v) is 8.35. The molecule has 108 valence electrons. The lowest BCUT2D eigenvalue weighted by molar-refractivity contribution is -0.0767. The van der Waals surface area contributed by atoms with E-state index >= 15 is 0 Å². The summed E-state index contributed by atoms with van der Waals surface area (Å²) >= 11 is 0. The molecule has 2 heteroatoms. The van der Waals surface area contributed by atoms with E-state index in [1.807, 2.05) is 0 Å². The monoisotopic (exact) mass is 271 g/mol. The molecule has 2 nitrogen and oxygen atoms in total. The molecule has 1 saturated heterocycles. The van der Waals surface area contributed by atoms with Gasteiger partial charge in [0.05, 0.1) is 5.60 Å². The van der Waals surface area contributed by atoms with E-state index in [2.05, 4.69) is 23.5 Å². The van der Waals surface area contributed by atoms with Crippen LogP contribution in [0.5, 0.6) is 0 Å². The van der Waals surface area contributed by atoms with E-state index < -0.39 is 0 Å². The first kappa shape index (κ1) is 12.7. The number of fused-ring (bicyclic) bond motifs is 1. The van der Waals surface area contributed by atoms with Crippen LogP contribution in [-0.4, -0.2) is 18.2 Å². The van der Waals surface area contributed by atoms with Crippen molar-refractivity contribution in [2.75, 3.05) is 11.9 Å². The van der Waals surface area contributed by atoms with Gasteiger partial charge in [0.2, 0.25) is 0 Å². The lowest BCUT2D eigenvalue weighted by atomic mass is 9.89. The second-order valence-electron chi connectivity index (χ2n) is 6.91. The number of anilines is 1. The van der Waals surface area contributed by atoms with Crippen LogP contribution in [0.25, 0.3) is 0 Å². The number of hydrogen-bond donors (Lipinski definition) is 1. The summed E-state index contributed by atoms with van der Waals surface area (Å²) in [7, 11) is 0. The second-order valence-corrected chi connectivity index (χ2v) is 6.91. The summed E-state index contributed by atoms with van der Waals surface area (Å²) in [6.07, 6.45) is 11.5. The van der Waals surface area contributed by atoms with Gasteiger partial charge in [-0.2, -0.15) is 0 Å². The number of rotatable bonds is 2. The first-order chi connectivity index (χ1) is 9.83. The Bertz CT molecular complexity index is 490. The molecule has 0 aromatic heterocycles. The zero-order valence-electron chi connectivity index (χ0n) is 12.3. The van der Waals surface area contributed by atoms with Gasteiger partial charge in [-0.05, 0) is 68.2 Å². The van der Waals surface area contributed by atoms with Crippen molar-refractivity contribution >= 4 is 5.69 Å². The van der Waals surface area contributed by atoms with Crippen LogP contribution in [0.3, 0.4) is 0 Å². The van der Waals surface area contributed by atoms with E-state index in [9.17, 15) is 0 Å². The topological polar surface area (TPSA) is 21.3 Å². The van der Waals surface area contributed by atoms with Gasteiger partial charge in [-0.3, -0.25) is 0 Å². The van der Waals surface area contributed by atoms with E-state index in [4.69, 9.17) is 4.74 Å². The van der Waals surface area contributed by atoms with Gasteiger partial charge < -0.3 is 10.1 Å². The molecule has 1 saturated carbocycles. The minimum absolute atomic E-state index is 0.215. The van der Waals surface area contributed by atoms with E-state index in [0.29, 0.717) is 6.04 Å². The summed E-state index contributed by atoms with van der Waals surface area (Å²) in [5, 5.41) is 3.78. The zero-order valence-corrected chi connectivity index (χ0v) is 12.3. The lowest BCUT2D eigenvalue weighted by Gasteiger charge is -2.39. The van der Waals surface area contributed by atoms with Crippen molar-refractivity contribution in [3.8, 4) is 0 Å². The Balaban J connectivity index is 1.46. The van der Waals surface area contributed by atoms with Crippen LogP contribution in [0.2, 0.25) is 0 Å². The average Bonchev–Trinajstić information content (AvgIpc) is 3.08. The SMILES string of the molecule is c1cc2c(cc1NC1CCOC3(CCCC3)C1)CCC2. The van der Waals surface area contributed by atoms with Crippen LogP contribution in [0.4, 0.5) is 5.69 Å². The fourth-order valence-electron chi connectivity index (χ4n) is 4.42. The molecular weight excluding hydrogens is 246 g/mol. The molecule has 2 fully saturated rings. The van der Waals surface area contributed by atoms with Crippen LogP contribution in [0.1, 0.15) is 56.1 Å². The lowest BCUT2D eigenvalue weighted by Crippen LogP contribution is -2.42. The predicted octanol–water partition coefficient (Wildman–Crippen LogP) is 4.08. The number of hydrogen-bond acceptors (Lipinski definition) is 2. The van der Waals surface area contributed by atoms with Crippen LogP contribution < -0.4 is 5.32 Å². The minimum Gasteiger partial charge on any atom is -0.382 e. The Morgan fingerprint density at radius 2 is 1.90 bits per heavy atom. The van der Waals surface area contributed by atoms with E-state index in [1.165, 1.54) is 57.1 Å². The first-order valence-electron chi connectivity index (χ1n) is 8.35. The molecule has 0 amide bonds. The zero-order chi connectivity index (χ0) is 13.4. The van der Waals surface area contributed by atoms with Gasteiger partial charge in [-0.25, -0.2) is 0 Å². The van der Waals surface area contributed by atoms with Crippen LogP contribution in [0.15, 0.2) is 18.2 Å². The standard InChI is InChI=1S/C18H25NO/c1-2-10-18(9-1)13-17(8-11-20-18)19-16-7-6-14-4-3-5-15(14)12-16/h6-7,12,17,19H,1-5,8-11,13H2. The van der Waals surface area contributed by atoms with Gasteiger partial charge in [0.1, 0.15) is 0 Å². The Labute approximate surface area is 121 Å². The summed E-state index contributed by atoms with van der Waals surface area (Å²) in [4.78, 5) is 0. The third kappa shape index (κ3) is 2.35. The molecule has 1 spiro atoms. The summed E-state index contributed by atoms with van der Waals surface area (Å²) in [6.45, 7) is 0.933. The van der Waals surface area contributed by atoms with Crippen molar-refractivity contribution < 1.29 is 4.74 Å². The summed E-state index contributed by atoms with van der Waals surface area (Å²) in [5.74, 6) is 0. The number of benzene rings is 1. The van der Waals surface area contributed by atoms with E-state index in [0.717, 1.165) is 13.0 Å². The molecular formula is C18H25NO. The summed E-state index contributed by atoms with van der Waals surface area (Å²) in [6, 6.07) is 7.59. The molecule has 1 heterocycles. The third-order valence-electron chi connectivity index (χ3n) is 5.48. The maximum absolute atomic E-state index is 6.13. The number of aryl methyl sites for hydroxylation is 2. The maximum atomic E-state index is 6.13. The average molecular weight is 271 g/mol. The predicted molar refractivity (Wildman–Crippen MR) is 82.3 cm³/mol. The van der Waals surface area contributed by atoms with Gasteiger partial charge in [0.15, 0.2) is 0 Å². The van der Waals surface area contributed by atoms with Crippen molar-refractivity contribution in [3.05, 3.63) is 29.3 Å². The van der Waals surface area contributed by atoms with Crippen LogP contribution in [-0.2, 0) is 17.6 Å². The molecule has 1 aromatic carbocycles. The smallest absolute Gasteiger partial charge is 0.0702 e. The van der Waals surface area contributed by atoms with Gasteiger partial charge in [-0.15, -0.1) is 0 Å². The van der Waals surface area contributed by atoms with E-state index in [-0.39, 0.29) is 5.60 Å². The Hall–Kier alpha value is -1.02. The molecule has 1 N–H and O–H groups in total. The summed E-state index contributed by atoms with van der Waals surface area (Å²) < 4.78 is 6.13. The van der Waals surface area contributed by atoms with Crippen LogP contribution >= 0.6 is 0 Å². The molecule has 20 heavy (non-hydrogen) atoms. The largest absolute Gasteiger partial charge is 0.382 e. The molecule has 0 radical (unpaired) electrons. The van der Waals surface area contributed by atoms with Crippen molar-refractivity contribution in [1.82, 2.24) is 0 Å².